The van der Waals surface area contributed by atoms with Crippen LogP contribution in [0.25, 0.3) is 5.52 Å². The van der Waals surface area contributed by atoms with Crippen LogP contribution in [0, 0.1) is 0 Å². The summed E-state index contributed by atoms with van der Waals surface area (Å²) in [6, 6.07) is 10.7. The normalized spacial score (nSPS) is 10.6. The fraction of sp³-hybridized carbons (Fsp3) is 0.0526. The molecule has 140 valence electrons. The topological polar surface area (TPSA) is 98.4 Å². The third-order valence-corrected chi connectivity index (χ3v) is 3.82. The molecule has 0 aliphatic rings. The van der Waals surface area contributed by atoms with Gasteiger partial charge in [0, 0.05) is 31.2 Å². The summed E-state index contributed by atoms with van der Waals surface area (Å²) in [4.78, 5) is 16.0. The van der Waals surface area contributed by atoms with Crippen LogP contribution in [0.5, 0.6) is 11.6 Å². The second-order valence-electron chi connectivity index (χ2n) is 5.93. The van der Waals surface area contributed by atoms with Crippen LogP contribution in [-0.2, 0) is 11.8 Å². The Hall–Kier alpha value is -4.14. The minimum absolute atomic E-state index is 0.295. The number of fused-ring (bicyclic) bond motifs is 1. The summed E-state index contributed by atoms with van der Waals surface area (Å²) in [6.07, 6.45) is 6.50. The zero-order valence-electron chi connectivity index (χ0n) is 15.0. The number of nitrogens with one attached hydrogen (secondary N) is 2. The van der Waals surface area contributed by atoms with Crippen molar-refractivity contribution in [3.05, 3.63) is 67.6 Å². The Labute approximate surface area is 160 Å². The van der Waals surface area contributed by atoms with Gasteiger partial charge < -0.3 is 15.4 Å². The molecule has 0 radical (unpaired) electrons. The maximum atomic E-state index is 11.5. The van der Waals surface area contributed by atoms with Gasteiger partial charge >= 0.3 is 0 Å². The minimum Gasteiger partial charge on any atom is -0.437 e. The molecule has 0 saturated carbocycles. The molecule has 9 heteroatoms. The maximum Gasteiger partial charge on any atom is 0.248 e. The maximum absolute atomic E-state index is 11.5. The largest absolute Gasteiger partial charge is 0.437 e. The summed E-state index contributed by atoms with van der Waals surface area (Å²) in [5, 5.41) is 14.3. The SMILES string of the molecule is C=CC(=O)Nc1cccc(Oc2nc(Nc3cnn(C)c3)nn3cccc23)c1. The van der Waals surface area contributed by atoms with Crippen molar-refractivity contribution in [3.8, 4) is 11.6 Å². The molecule has 0 saturated heterocycles. The molecule has 0 spiro atoms. The number of carbonyl (C=O) groups is 1. The van der Waals surface area contributed by atoms with Gasteiger partial charge in [-0.05, 0) is 30.3 Å². The lowest BCUT2D eigenvalue weighted by Crippen LogP contribution is -2.07. The highest BCUT2D eigenvalue weighted by atomic mass is 16.5. The molecule has 9 nitrogen and oxygen atoms in total. The van der Waals surface area contributed by atoms with Gasteiger partial charge in [-0.15, -0.1) is 5.10 Å². The van der Waals surface area contributed by atoms with E-state index in [0.29, 0.717) is 28.8 Å². The van der Waals surface area contributed by atoms with Gasteiger partial charge in [-0.2, -0.15) is 10.1 Å². The highest BCUT2D eigenvalue weighted by Crippen LogP contribution is 2.27. The molecule has 0 fully saturated rings. The number of benzene rings is 1. The van der Waals surface area contributed by atoms with Crippen LogP contribution in [0.1, 0.15) is 0 Å². The van der Waals surface area contributed by atoms with Crippen LogP contribution in [-0.4, -0.2) is 30.3 Å². The molecule has 2 N–H and O–H groups in total. The zero-order chi connectivity index (χ0) is 19.5. The van der Waals surface area contributed by atoms with E-state index in [0.717, 1.165) is 5.69 Å². The van der Waals surface area contributed by atoms with E-state index in [1.165, 1.54) is 6.08 Å². The number of aromatic nitrogens is 5. The second-order valence-corrected chi connectivity index (χ2v) is 5.93. The first-order valence-corrected chi connectivity index (χ1v) is 8.43. The quantitative estimate of drug-likeness (QED) is 0.503. The Morgan fingerprint density at radius 1 is 1.25 bits per heavy atom. The lowest BCUT2D eigenvalue weighted by Gasteiger charge is -2.10. The highest BCUT2D eigenvalue weighted by molar-refractivity contribution is 5.98. The van der Waals surface area contributed by atoms with Gasteiger partial charge in [-0.25, -0.2) is 4.52 Å². The van der Waals surface area contributed by atoms with Gasteiger partial charge in [0.15, 0.2) is 0 Å². The molecular weight excluding hydrogens is 358 g/mol. The monoisotopic (exact) mass is 375 g/mol. The molecule has 3 aromatic heterocycles. The van der Waals surface area contributed by atoms with E-state index in [-0.39, 0.29) is 5.91 Å². The summed E-state index contributed by atoms with van der Waals surface area (Å²) in [5.74, 6) is 0.966. The summed E-state index contributed by atoms with van der Waals surface area (Å²) < 4.78 is 9.33. The number of nitrogens with zero attached hydrogens (tertiary/aromatic N) is 5. The molecule has 0 atom stereocenters. The van der Waals surface area contributed by atoms with Gasteiger partial charge in [-0.1, -0.05) is 12.6 Å². The molecule has 0 unspecified atom stereocenters. The number of aryl methyl sites for hydroxylation is 1. The van der Waals surface area contributed by atoms with Crippen LogP contribution in [0.15, 0.2) is 67.6 Å². The van der Waals surface area contributed by atoms with Crippen LogP contribution in [0.3, 0.4) is 0 Å². The van der Waals surface area contributed by atoms with Crippen molar-refractivity contribution in [2.75, 3.05) is 10.6 Å². The van der Waals surface area contributed by atoms with E-state index in [4.69, 9.17) is 4.74 Å². The molecule has 0 aliphatic carbocycles. The molecule has 3 heterocycles. The van der Waals surface area contributed by atoms with E-state index in [2.05, 4.69) is 32.4 Å². The average Bonchev–Trinajstić information content (AvgIpc) is 3.31. The third kappa shape index (κ3) is 3.68. The average molecular weight is 375 g/mol. The lowest BCUT2D eigenvalue weighted by molar-refractivity contribution is -0.111. The Balaban J connectivity index is 1.64. The van der Waals surface area contributed by atoms with Crippen LogP contribution in [0.4, 0.5) is 17.3 Å². The van der Waals surface area contributed by atoms with E-state index in [1.807, 2.05) is 25.4 Å². The van der Waals surface area contributed by atoms with Crippen molar-refractivity contribution in [2.24, 2.45) is 7.05 Å². The molecule has 0 bridgehead atoms. The summed E-state index contributed by atoms with van der Waals surface area (Å²) in [7, 11) is 1.83. The molecule has 4 aromatic rings. The van der Waals surface area contributed by atoms with Crippen LogP contribution >= 0.6 is 0 Å². The number of hydrogen-bond donors (Lipinski definition) is 2. The fourth-order valence-corrected chi connectivity index (χ4v) is 2.59. The van der Waals surface area contributed by atoms with Crippen molar-refractivity contribution in [1.82, 2.24) is 24.4 Å². The number of anilines is 3. The Bertz CT molecular complexity index is 1160. The van der Waals surface area contributed by atoms with Gasteiger partial charge in [0.05, 0.1) is 11.9 Å². The molecule has 1 amide bonds. The van der Waals surface area contributed by atoms with Gasteiger partial charge in [0.25, 0.3) is 0 Å². The first-order chi connectivity index (χ1) is 13.6. The van der Waals surface area contributed by atoms with Gasteiger partial charge in [0.1, 0.15) is 11.3 Å². The number of hydrogen-bond acceptors (Lipinski definition) is 6. The first-order valence-electron chi connectivity index (χ1n) is 8.43. The van der Waals surface area contributed by atoms with Crippen LogP contribution < -0.4 is 15.4 Å². The molecule has 28 heavy (non-hydrogen) atoms. The zero-order valence-corrected chi connectivity index (χ0v) is 15.0. The third-order valence-electron chi connectivity index (χ3n) is 3.82. The summed E-state index contributed by atoms with van der Waals surface area (Å²) >= 11 is 0. The minimum atomic E-state index is -0.295. The van der Waals surface area contributed by atoms with Crippen LogP contribution in [0.2, 0.25) is 0 Å². The summed E-state index contributed by atoms with van der Waals surface area (Å²) in [6.45, 7) is 3.44. The van der Waals surface area contributed by atoms with E-state index >= 15 is 0 Å². The number of amides is 1. The molecular formula is C19H17N7O2. The predicted molar refractivity (Wildman–Crippen MR) is 105 cm³/mol. The molecule has 4 rings (SSSR count). The van der Waals surface area contributed by atoms with Crippen molar-refractivity contribution in [1.29, 1.82) is 0 Å². The Morgan fingerprint density at radius 2 is 2.14 bits per heavy atom. The van der Waals surface area contributed by atoms with Crippen molar-refractivity contribution in [2.45, 2.75) is 0 Å². The lowest BCUT2D eigenvalue weighted by atomic mass is 10.3. The molecule has 0 aliphatic heterocycles. The Morgan fingerprint density at radius 3 is 2.93 bits per heavy atom. The number of carbonyl (C=O) groups excluding carboxylic acids is 1. The number of rotatable bonds is 6. The smallest absolute Gasteiger partial charge is 0.248 e. The van der Waals surface area contributed by atoms with Crippen molar-refractivity contribution < 1.29 is 9.53 Å². The van der Waals surface area contributed by atoms with Crippen molar-refractivity contribution in [3.63, 3.8) is 0 Å². The second kappa shape index (κ2) is 7.23. The van der Waals surface area contributed by atoms with Gasteiger partial charge in [-0.3, -0.25) is 9.48 Å². The van der Waals surface area contributed by atoms with Gasteiger partial charge in [0.2, 0.25) is 17.7 Å². The highest BCUT2D eigenvalue weighted by Gasteiger charge is 2.11. The van der Waals surface area contributed by atoms with E-state index < -0.39 is 0 Å². The predicted octanol–water partition coefficient (Wildman–Crippen LogP) is 3.12. The fourth-order valence-electron chi connectivity index (χ4n) is 2.59. The molecule has 1 aromatic carbocycles. The standard InChI is InChI=1S/C19H17N7O2/c1-3-17(27)21-13-6-4-7-15(10-13)28-18-16-8-5-9-26(16)24-19(23-18)22-14-11-20-25(2)12-14/h3-12H,1H2,2H3,(H,21,27)(H,22,24). The number of ether oxygens (including phenoxy) is 1. The first kappa shape index (κ1) is 17.3. The van der Waals surface area contributed by atoms with E-state index in [9.17, 15) is 4.79 Å². The summed E-state index contributed by atoms with van der Waals surface area (Å²) in [5.41, 5.74) is 2.06. The van der Waals surface area contributed by atoms with Crippen molar-refractivity contribution >= 4 is 28.7 Å². The van der Waals surface area contributed by atoms with E-state index in [1.54, 1.807) is 45.9 Å². The Kier molecular flexibility index (Phi) is 4.47.